The smallest absolute Gasteiger partial charge is 0.254 e. The standard InChI is InChI=1S/C19H28N2O3/c1-4-20-17(22)16-9-6-12-21(16)18(23)15-8-5-7-14(13-15)10-11-19(2,3)24/h5,7-8,13,16,24H,4,6,9-12H2,1-3H3,(H,20,22)/t16-/m0/s1. The molecule has 132 valence electrons. The summed E-state index contributed by atoms with van der Waals surface area (Å²) >= 11 is 0. The van der Waals surface area contributed by atoms with Crippen molar-refractivity contribution < 1.29 is 14.7 Å². The van der Waals surface area contributed by atoms with Gasteiger partial charge in [-0.25, -0.2) is 0 Å². The summed E-state index contributed by atoms with van der Waals surface area (Å²) in [7, 11) is 0. The molecule has 2 N–H and O–H groups in total. The van der Waals surface area contributed by atoms with Gasteiger partial charge in [0.15, 0.2) is 0 Å². The van der Waals surface area contributed by atoms with E-state index in [4.69, 9.17) is 0 Å². The van der Waals surface area contributed by atoms with E-state index in [9.17, 15) is 14.7 Å². The lowest BCUT2D eigenvalue weighted by Gasteiger charge is -2.24. The number of rotatable bonds is 6. The predicted octanol–water partition coefficient (Wildman–Crippen LogP) is 2.13. The maximum Gasteiger partial charge on any atom is 0.254 e. The van der Waals surface area contributed by atoms with E-state index < -0.39 is 5.60 Å². The largest absolute Gasteiger partial charge is 0.390 e. The fourth-order valence-corrected chi connectivity index (χ4v) is 3.05. The van der Waals surface area contributed by atoms with Crippen molar-refractivity contribution in [2.75, 3.05) is 13.1 Å². The molecule has 0 aliphatic carbocycles. The van der Waals surface area contributed by atoms with Gasteiger partial charge in [-0.3, -0.25) is 9.59 Å². The zero-order chi connectivity index (χ0) is 17.7. The number of likely N-dealkylation sites (N-methyl/N-ethyl adjacent to an activating group) is 1. The number of benzene rings is 1. The van der Waals surface area contributed by atoms with Gasteiger partial charge in [0, 0.05) is 18.7 Å². The second-order valence-corrected chi connectivity index (χ2v) is 7.06. The summed E-state index contributed by atoms with van der Waals surface area (Å²) in [6.45, 7) is 6.63. The van der Waals surface area contributed by atoms with Gasteiger partial charge in [-0.15, -0.1) is 0 Å². The Morgan fingerprint density at radius 1 is 1.38 bits per heavy atom. The lowest BCUT2D eigenvalue weighted by molar-refractivity contribution is -0.124. The predicted molar refractivity (Wildman–Crippen MR) is 93.8 cm³/mol. The monoisotopic (exact) mass is 332 g/mol. The van der Waals surface area contributed by atoms with Crippen LogP contribution in [0, 0.1) is 0 Å². The van der Waals surface area contributed by atoms with Crippen LogP contribution in [-0.4, -0.2) is 46.6 Å². The third kappa shape index (κ3) is 4.81. The van der Waals surface area contributed by atoms with E-state index in [2.05, 4.69) is 5.32 Å². The minimum absolute atomic E-state index is 0.0680. The van der Waals surface area contributed by atoms with Crippen molar-refractivity contribution >= 4 is 11.8 Å². The Hall–Kier alpha value is -1.88. The van der Waals surface area contributed by atoms with Gasteiger partial charge in [-0.05, 0) is 64.2 Å². The number of carbonyl (C=O) groups is 2. The van der Waals surface area contributed by atoms with Crippen LogP contribution in [0.3, 0.4) is 0 Å². The van der Waals surface area contributed by atoms with Gasteiger partial charge in [0.05, 0.1) is 5.60 Å². The molecule has 0 saturated carbocycles. The molecule has 1 heterocycles. The molecule has 5 nitrogen and oxygen atoms in total. The van der Waals surface area contributed by atoms with E-state index in [0.29, 0.717) is 31.5 Å². The highest BCUT2D eigenvalue weighted by Gasteiger charge is 2.34. The molecule has 1 fully saturated rings. The molecule has 2 amide bonds. The van der Waals surface area contributed by atoms with Crippen LogP contribution in [0.15, 0.2) is 24.3 Å². The summed E-state index contributed by atoms with van der Waals surface area (Å²) < 4.78 is 0. The van der Waals surface area contributed by atoms with E-state index in [1.807, 2.05) is 25.1 Å². The first-order valence-corrected chi connectivity index (χ1v) is 8.72. The maximum absolute atomic E-state index is 12.8. The number of likely N-dealkylation sites (tertiary alicyclic amines) is 1. The number of aryl methyl sites for hydroxylation is 1. The van der Waals surface area contributed by atoms with Crippen molar-refractivity contribution in [1.29, 1.82) is 0 Å². The minimum Gasteiger partial charge on any atom is -0.390 e. The molecule has 0 spiro atoms. The zero-order valence-electron chi connectivity index (χ0n) is 14.8. The van der Waals surface area contributed by atoms with E-state index in [0.717, 1.165) is 18.4 Å². The van der Waals surface area contributed by atoms with Crippen LogP contribution in [0.1, 0.15) is 56.0 Å². The first-order chi connectivity index (χ1) is 11.3. The Bertz CT molecular complexity index is 593. The van der Waals surface area contributed by atoms with E-state index in [1.165, 1.54) is 0 Å². The van der Waals surface area contributed by atoms with Gasteiger partial charge in [0.25, 0.3) is 5.91 Å². The van der Waals surface area contributed by atoms with Crippen LogP contribution in [0.25, 0.3) is 0 Å². The fraction of sp³-hybridized carbons (Fsp3) is 0.579. The number of carbonyl (C=O) groups excluding carboxylic acids is 2. The molecular formula is C19H28N2O3. The molecule has 0 radical (unpaired) electrons. The minimum atomic E-state index is -0.724. The van der Waals surface area contributed by atoms with Crippen molar-refractivity contribution in [1.82, 2.24) is 10.2 Å². The highest BCUT2D eigenvalue weighted by molar-refractivity contribution is 5.98. The molecule has 1 aromatic carbocycles. The van der Waals surface area contributed by atoms with Crippen molar-refractivity contribution in [2.45, 2.75) is 58.1 Å². The molecule has 1 aliphatic heterocycles. The van der Waals surface area contributed by atoms with Crippen LogP contribution in [-0.2, 0) is 11.2 Å². The Balaban J connectivity index is 2.10. The van der Waals surface area contributed by atoms with E-state index in [1.54, 1.807) is 24.8 Å². The topological polar surface area (TPSA) is 69.6 Å². The van der Waals surface area contributed by atoms with E-state index >= 15 is 0 Å². The SMILES string of the molecule is CCNC(=O)[C@@H]1CCCN1C(=O)c1cccc(CCC(C)(C)O)c1. The average Bonchev–Trinajstić information content (AvgIpc) is 3.02. The lowest BCUT2D eigenvalue weighted by atomic mass is 9.97. The Morgan fingerprint density at radius 3 is 2.79 bits per heavy atom. The number of amides is 2. The molecule has 0 unspecified atom stereocenters. The van der Waals surface area contributed by atoms with Gasteiger partial charge >= 0.3 is 0 Å². The van der Waals surface area contributed by atoms with Gasteiger partial charge in [0.1, 0.15) is 6.04 Å². The van der Waals surface area contributed by atoms with Crippen molar-refractivity contribution in [3.63, 3.8) is 0 Å². The summed E-state index contributed by atoms with van der Waals surface area (Å²) in [6.07, 6.45) is 2.92. The highest BCUT2D eigenvalue weighted by atomic mass is 16.3. The number of aliphatic hydroxyl groups is 1. The second kappa shape index (κ2) is 7.79. The molecule has 5 heteroatoms. The Labute approximate surface area is 144 Å². The molecule has 24 heavy (non-hydrogen) atoms. The van der Waals surface area contributed by atoms with Gasteiger partial charge < -0.3 is 15.3 Å². The number of hydrogen-bond donors (Lipinski definition) is 2. The second-order valence-electron chi connectivity index (χ2n) is 7.06. The first-order valence-electron chi connectivity index (χ1n) is 8.72. The first kappa shape index (κ1) is 18.5. The molecular weight excluding hydrogens is 304 g/mol. The van der Waals surface area contributed by atoms with Crippen LogP contribution in [0.4, 0.5) is 0 Å². The zero-order valence-corrected chi connectivity index (χ0v) is 14.8. The summed E-state index contributed by atoms with van der Waals surface area (Å²) in [5.41, 5.74) is 0.911. The third-order valence-corrected chi connectivity index (χ3v) is 4.37. The molecule has 1 aromatic rings. The van der Waals surface area contributed by atoms with Crippen molar-refractivity contribution in [3.05, 3.63) is 35.4 Å². The highest BCUT2D eigenvalue weighted by Crippen LogP contribution is 2.21. The molecule has 0 aromatic heterocycles. The molecule has 1 aliphatic rings. The summed E-state index contributed by atoms with van der Waals surface area (Å²) in [5, 5.41) is 12.7. The van der Waals surface area contributed by atoms with Crippen molar-refractivity contribution in [3.8, 4) is 0 Å². The lowest BCUT2D eigenvalue weighted by Crippen LogP contribution is -2.45. The number of nitrogens with one attached hydrogen (secondary N) is 1. The summed E-state index contributed by atoms with van der Waals surface area (Å²) in [4.78, 5) is 26.6. The van der Waals surface area contributed by atoms with E-state index in [-0.39, 0.29) is 17.9 Å². The summed E-state index contributed by atoms with van der Waals surface area (Å²) in [5.74, 6) is -0.157. The van der Waals surface area contributed by atoms with Crippen LogP contribution >= 0.6 is 0 Å². The fourth-order valence-electron chi connectivity index (χ4n) is 3.05. The van der Waals surface area contributed by atoms with Crippen molar-refractivity contribution in [2.24, 2.45) is 0 Å². The van der Waals surface area contributed by atoms with Gasteiger partial charge in [0.2, 0.25) is 5.91 Å². The van der Waals surface area contributed by atoms with Gasteiger partial charge in [-0.1, -0.05) is 12.1 Å². The molecule has 1 atom stereocenters. The molecule has 2 rings (SSSR count). The van der Waals surface area contributed by atoms with Crippen LogP contribution < -0.4 is 5.32 Å². The number of nitrogens with zero attached hydrogens (tertiary/aromatic N) is 1. The normalized spacial score (nSPS) is 17.8. The van der Waals surface area contributed by atoms with Crippen LogP contribution in [0.5, 0.6) is 0 Å². The van der Waals surface area contributed by atoms with Gasteiger partial charge in [-0.2, -0.15) is 0 Å². The maximum atomic E-state index is 12.8. The molecule has 1 saturated heterocycles. The van der Waals surface area contributed by atoms with Crippen LogP contribution in [0.2, 0.25) is 0 Å². The quantitative estimate of drug-likeness (QED) is 0.838. The molecule has 0 bridgehead atoms. The summed E-state index contributed by atoms with van der Waals surface area (Å²) in [6, 6.07) is 7.14. The third-order valence-electron chi connectivity index (χ3n) is 4.37. The average molecular weight is 332 g/mol. The Kier molecular flexibility index (Phi) is 5.99. The Morgan fingerprint density at radius 2 is 2.12 bits per heavy atom. The number of hydrogen-bond acceptors (Lipinski definition) is 3.